The third-order valence-electron chi connectivity index (χ3n) is 1.82. The van der Waals surface area contributed by atoms with Gasteiger partial charge in [-0.15, -0.1) is 0 Å². The number of amides is 2. The van der Waals surface area contributed by atoms with Crippen molar-refractivity contribution in [2.75, 3.05) is 13.1 Å². The monoisotopic (exact) mass is 156 g/mol. The van der Waals surface area contributed by atoms with E-state index >= 15 is 0 Å². The highest BCUT2D eigenvalue weighted by atomic mass is 16.2. The van der Waals surface area contributed by atoms with E-state index in [0.29, 0.717) is 19.5 Å². The zero-order chi connectivity index (χ0) is 8.43. The summed E-state index contributed by atoms with van der Waals surface area (Å²) in [5, 5.41) is 0. The van der Waals surface area contributed by atoms with E-state index in [4.69, 9.17) is 5.73 Å². The lowest BCUT2D eigenvalue weighted by molar-refractivity contribution is -0.139. The number of carbonyl (C=O) groups excluding carboxylic acids is 2. The molecule has 1 aliphatic rings. The molecule has 2 amide bonds. The summed E-state index contributed by atoms with van der Waals surface area (Å²) < 4.78 is 0. The summed E-state index contributed by atoms with van der Waals surface area (Å²) in [6.07, 6.45) is 0.346. The Morgan fingerprint density at radius 1 is 1.64 bits per heavy atom. The fraction of sp³-hybridized carbons (Fsp3) is 0.714. The van der Waals surface area contributed by atoms with E-state index in [1.54, 1.807) is 6.92 Å². The summed E-state index contributed by atoms with van der Waals surface area (Å²) in [6.45, 7) is 2.48. The Labute approximate surface area is 65.3 Å². The molecule has 0 aromatic carbocycles. The molecule has 11 heavy (non-hydrogen) atoms. The smallest absolute Gasteiger partial charge is 0.232 e. The maximum absolute atomic E-state index is 11.2. The van der Waals surface area contributed by atoms with E-state index in [-0.39, 0.29) is 17.7 Å². The molecule has 1 atom stereocenters. The number of nitrogens with two attached hydrogens (primary N) is 1. The lowest BCUT2D eigenvalue weighted by atomic mass is 10.1. The number of carbonyl (C=O) groups is 2. The molecule has 4 heteroatoms. The Hall–Kier alpha value is -0.900. The molecule has 1 saturated heterocycles. The molecule has 2 N–H and O–H groups in total. The van der Waals surface area contributed by atoms with Crippen molar-refractivity contribution < 1.29 is 9.59 Å². The van der Waals surface area contributed by atoms with Gasteiger partial charge in [0, 0.05) is 25.4 Å². The van der Waals surface area contributed by atoms with Gasteiger partial charge < -0.3 is 5.73 Å². The van der Waals surface area contributed by atoms with Crippen molar-refractivity contribution >= 4 is 11.8 Å². The molecule has 0 radical (unpaired) electrons. The number of imide groups is 1. The molecule has 1 rings (SSSR count). The molecule has 0 spiro atoms. The minimum absolute atomic E-state index is 0.0829. The van der Waals surface area contributed by atoms with Crippen molar-refractivity contribution in [3.8, 4) is 0 Å². The van der Waals surface area contributed by atoms with Crippen LogP contribution >= 0.6 is 0 Å². The number of nitrogens with zero attached hydrogens (tertiary/aromatic N) is 1. The highest BCUT2D eigenvalue weighted by molar-refractivity contribution is 6.03. The maximum Gasteiger partial charge on any atom is 0.232 e. The van der Waals surface area contributed by atoms with Gasteiger partial charge in [0.05, 0.1) is 0 Å². The van der Waals surface area contributed by atoms with Crippen LogP contribution in [0, 0.1) is 5.92 Å². The number of likely N-dealkylation sites (tertiary alicyclic amines) is 1. The normalized spacial score (nSPS) is 24.9. The first kappa shape index (κ1) is 8.20. The first-order chi connectivity index (χ1) is 5.16. The van der Waals surface area contributed by atoms with Crippen LogP contribution in [0.5, 0.6) is 0 Å². The Balaban J connectivity index is 2.64. The highest BCUT2D eigenvalue weighted by Crippen LogP contribution is 2.17. The van der Waals surface area contributed by atoms with Gasteiger partial charge in [0.25, 0.3) is 0 Å². The van der Waals surface area contributed by atoms with Gasteiger partial charge in [0.2, 0.25) is 11.8 Å². The summed E-state index contributed by atoms with van der Waals surface area (Å²) in [6, 6.07) is 0. The molecule has 62 valence electrons. The van der Waals surface area contributed by atoms with Gasteiger partial charge in [-0.1, -0.05) is 6.92 Å². The summed E-state index contributed by atoms with van der Waals surface area (Å²) >= 11 is 0. The molecule has 1 aliphatic heterocycles. The van der Waals surface area contributed by atoms with Gasteiger partial charge in [-0.25, -0.2) is 0 Å². The molecular formula is C7H12N2O2. The molecule has 1 fully saturated rings. The van der Waals surface area contributed by atoms with Gasteiger partial charge in [-0.3, -0.25) is 14.5 Å². The zero-order valence-electron chi connectivity index (χ0n) is 6.54. The molecule has 0 aromatic heterocycles. The molecule has 0 aliphatic carbocycles. The fourth-order valence-electron chi connectivity index (χ4n) is 1.21. The SMILES string of the molecule is CC1CC(=O)N(CCN)C1=O. The van der Waals surface area contributed by atoms with Crippen molar-refractivity contribution in [1.82, 2.24) is 4.90 Å². The molecular weight excluding hydrogens is 144 g/mol. The van der Waals surface area contributed by atoms with Crippen LogP contribution in [-0.2, 0) is 9.59 Å². The van der Waals surface area contributed by atoms with E-state index in [9.17, 15) is 9.59 Å². The van der Waals surface area contributed by atoms with E-state index in [1.807, 2.05) is 0 Å². The summed E-state index contributed by atoms with van der Waals surface area (Å²) in [4.78, 5) is 23.4. The topological polar surface area (TPSA) is 63.4 Å². The second-order valence-corrected chi connectivity index (χ2v) is 2.78. The largest absolute Gasteiger partial charge is 0.329 e. The van der Waals surface area contributed by atoms with E-state index in [2.05, 4.69) is 0 Å². The van der Waals surface area contributed by atoms with Crippen LogP contribution in [0.25, 0.3) is 0 Å². The van der Waals surface area contributed by atoms with E-state index < -0.39 is 0 Å². The van der Waals surface area contributed by atoms with Gasteiger partial charge >= 0.3 is 0 Å². The minimum atomic E-state index is -0.144. The standard InChI is InChI=1S/C7H12N2O2/c1-5-4-6(10)9(3-2-8)7(5)11/h5H,2-4,8H2,1H3. The summed E-state index contributed by atoms with van der Waals surface area (Å²) in [5.41, 5.74) is 5.23. The van der Waals surface area contributed by atoms with Crippen LogP contribution in [0.2, 0.25) is 0 Å². The number of hydrogen-bond acceptors (Lipinski definition) is 3. The van der Waals surface area contributed by atoms with E-state index in [0.717, 1.165) is 0 Å². The summed E-state index contributed by atoms with van der Waals surface area (Å²) in [7, 11) is 0. The predicted octanol–water partition coefficient (Wildman–Crippen LogP) is -0.660. The molecule has 0 aromatic rings. The van der Waals surface area contributed by atoms with Crippen LogP contribution in [0.4, 0.5) is 0 Å². The van der Waals surface area contributed by atoms with Crippen molar-refractivity contribution in [2.45, 2.75) is 13.3 Å². The lowest BCUT2D eigenvalue weighted by Crippen LogP contribution is -2.34. The molecule has 1 heterocycles. The van der Waals surface area contributed by atoms with Gasteiger partial charge in [-0.2, -0.15) is 0 Å². The maximum atomic E-state index is 11.2. The highest BCUT2D eigenvalue weighted by Gasteiger charge is 2.34. The van der Waals surface area contributed by atoms with Crippen molar-refractivity contribution in [1.29, 1.82) is 0 Å². The molecule has 0 saturated carbocycles. The fourth-order valence-corrected chi connectivity index (χ4v) is 1.21. The third-order valence-corrected chi connectivity index (χ3v) is 1.82. The number of hydrogen-bond donors (Lipinski definition) is 1. The van der Waals surface area contributed by atoms with Crippen LogP contribution in [0.1, 0.15) is 13.3 Å². The van der Waals surface area contributed by atoms with Crippen LogP contribution in [0.3, 0.4) is 0 Å². The van der Waals surface area contributed by atoms with Gasteiger partial charge in [0.15, 0.2) is 0 Å². The summed E-state index contributed by atoms with van der Waals surface area (Å²) in [5.74, 6) is -0.317. The van der Waals surface area contributed by atoms with Crippen molar-refractivity contribution in [3.05, 3.63) is 0 Å². The Kier molecular flexibility index (Phi) is 2.24. The van der Waals surface area contributed by atoms with E-state index in [1.165, 1.54) is 4.90 Å². The second-order valence-electron chi connectivity index (χ2n) is 2.78. The number of rotatable bonds is 2. The molecule has 1 unspecified atom stereocenters. The first-order valence-corrected chi connectivity index (χ1v) is 3.71. The quantitative estimate of drug-likeness (QED) is 0.540. The average Bonchev–Trinajstić information content (AvgIpc) is 2.17. The van der Waals surface area contributed by atoms with Gasteiger partial charge in [0.1, 0.15) is 0 Å². The zero-order valence-corrected chi connectivity index (χ0v) is 6.54. The Morgan fingerprint density at radius 3 is 2.64 bits per heavy atom. The minimum Gasteiger partial charge on any atom is -0.329 e. The van der Waals surface area contributed by atoms with Crippen molar-refractivity contribution in [3.63, 3.8) is 0 Å². The Morgan fingerprint density at radius 2 is 2.27 bits per heavy atom. The predicted molar refractivity (Wildman–Crippen MR) is 39.6 cm³/mol. The lowest BCUT2D eigenvalue weighted by Gasteiger charge is -2.11. The second kappa shape index (κ2) is 3.00. The van der Waals surface area contributed by atoms with Crippen LogP contribution < -0.4 is 5.73 Å². The van der Waals surface area contributed by atoms with Crippen LogP contribution in [0.15, 0.2) is 0 Å². The Bertz CT molecular complexity index is 191. The first-order valence-electron chi connectivity index (χ1n) is 3.71. The molecule has 0 bridgehead atoms. The van der Waals surface area contributed by atoms with Crippen LogP contribution in [-0.4, -0.2) is 29.8 Å². The third kappa shape index (κ3) is 1.40. The molecule has 4 nitrogen and oxygen atoms in total. The van der Waals surface area contributed by atoms with Crippen molar-refractivity contribution in [2.24, 2.45) is 11.7 Å². The van der Waals surface area contributed by atoms with Gasteiger partial charge in [-0.05, 0) is 0 Å². The average molecular weight is 156 g/mol.